The third-order valence-electron chi connectivity index (χ3n) is 2.93. The van der Waals surface area contributed by atoms with Gasteiger partial charge in [-0.2, -0.15) is 8.42 Å². The van der Waals surface area contributed by atoms with Gasteiger partial charge in [0.15, 0.2) is 0 Å². The standard InChI is InChI=1S/C11H11BrFNO4S/c1-18-10-4-7(2-3-9(10)12)14-6-8(5-11(14)15)19(13,16)17/h2-4,8H,5-6H2,1H3. The number of carbonyl (C=O) groups excluding carboxylic acids is 1. The van der Waals surface area contributed by atoms with Crippen molar-refractivity contribution in [3.63, 3.8) is 0 Å². The van der Waals surface area contributed by atoms with E-state index in [0.29, 0.717) is 15.9 Å². The monoisotopic (exact) mass is 351 g/mol. The fraction of sp³-hybridized carbons (Fsp3) is 0.364. The Morgan fingerprint density at radius 2 is 2.16 bits per heavy atom. The summed E-state index contributed by atoms with van der Waals surface area (Å²) in [6.45, 7) is -0.178. The van der Waals surface area contributed by atoms with Gasteiger partial charge in [0.25, 0.3) is 0 Å². The van der Waals surface area contributed by atoms with Crippen molar-refractivity contribution in [2.24, 2.45) is 0 Å². The molecule has 1 aliphatic heterocycles. The van der Waals surface area contributed by atoms with Gasteiger partial charge in [-0.25, -0.2) is 0 Å². The van der Waals surface area contributed by atoms with E-state index in [4.69, 9.17) is 4.74 Å². The van der Waals surface area contributed by atoms with Crippen molar-refractivity contribution < 1.29 is 21.8 Å². The Balaban J connectivity index is 2.31. The molecule has 0 radical (unpaired) electrons. The first-order valence-corrected chi connectivity index (χ1v) is 7.64. The van der Waals surface area contributed by atoms with Crippen LogP contribution in [0.3, 0.4) is 0 Å². The van der Waals surface area contributed by atoms with Crippen LogP contribution in [-0.2, 0) is 15.0 Å². The lowest BCUT2D eigenvalue weighted by Crippen LogP contribution is -2.26. The van der Waals surface area contributed by atoms with Crippen LogP contribution in [0.25, 0.3) is 0 Å². The van der Waals surface area contributed by atoms with Crippen LogP contribution >= 0.6 is 15.9 Å². The second-order valence-electron chi connectivity index (χ2n) is 4.12. The maximum atomic E-state index is 12.9. The maximum absolute atomic E-state index is 12.9. The minimum absolute atomic E-state index is 0.178. The van der Waals surface area contributed by atoms with Crippen LogP contribution in [0, 0.1) is 0 Å². The lowest BCUT2D eigenvalue weighted by Gasteiger charge is -2.17. The highest BCUT2D eigenvalue weighted by molar-refractivity contribution is 9.10. The molecule has 1 atom stereocenters. The predicted molar refractivity (Wildman–Crippen MR) is 71.5 cm³/mol. The Labute approximate surface area is 118 Å². The van der Waals surface area contributed by atoms with Crippen LogP contribution in [0.4, 0.5) is 9.57 Å². The van der Waals surface area contributed by atoms with E-state index in [1.54, 1.807) is 18.2 Å². The molecular weight excluding hydrogens is 341 g/mol. The van der Waals surface area contributed by atoms with E-state index in [-0.39, 0.29) is 13.0 Å². The van der Waals surface area contributed by atoms with Crippen molar-refractivity contribution >= 4 is 37.7 Å². The summed E-state index contributed by atoms with van der Waals surface area (Å²) in [4.78, 5) is 13.0. The van der Waals surface area contributed by atoms with Gasteiger partial charge >= 0.3 is 10.2 Å². The SMILES string of the molecule is COc1cc(N2CC(S(=O)(=O)F)CC2=O)ccc1Br. The van der Waals surface area contributed by atoms with Gasteiger partial charge in [0.05, 0.1) is 11.6 Å². The number of halogens is 2. The van der Waals surface area contributed by atoms with Crippen LogP contribution < -0.4 is 9.64 Å². The molecule has 8 heteroatoms. The number of ether oxygens (including phenoxy) is 1. The minimum Gasteiger partial charge on any atom is -0.495 e. The van der Waals surface area contributed by atoms with Gasteiger partial charge in [-0.3, -0.25) is 4.79 Å². The third kappa shape index (κ3) is 2.89. The van der Waals surface area contributed by atoms with Crippen molar-refractivity contribution in [3.05, 3.63) is 22.7 Å². The smallest absolute Gasteiger partial charge is 0.307 e. The Bertz CT molecular complexity index is 619. The zero-order valence-corrected chi connectivity index (χ0v) is 12.4. The lowest BCUT2D eigenvalue weighted by molar-refractivity contribution is -0.117. The molecule has 1 heterocycles. The highest BCUT2D eigenvalue weighted by Gasteiger charge is 2.39. The second-order valence-corrected chi connectivity index (χ2v) is 6.60. The molecular formula is C11H11BrFNO4S. The van der Waals surface area contributed by atoms with E-state index in [0.717, 1.165) is 0 Å². The highest BCUT2D eigenvalue weighted by Crippen LogP contribution is 2.32. The summed E-state index contributed by atoms with van der Waals surface area (Å²) in [6, 6.07) is 4.91. The van der Waals surface area contributed by atoms with E-state index < -0.39 is 21.4 Å². The fourth-order valence-electron chi connectivity index (χ4n) is 1.93. The van der Waals surface area contributed by atoms with Crippen molar-refractivity contribution in [2.75, 3.05) is 18.6 Å². The molecule has 104 valence electrons. The molecule has 1 aliphatic rings. The van der Waals surface area contributed by atoms with Crippen LogP contribution in [-0.4, -0.2) is 33.2 Å². The molecule has 5 nitrogen and oxygen atoms in total. The van der Waals surface area contributed by atoms with E-state index in [1.165, 1.54) is 12.0 Å². The Morgan fingerprint density at radius 1 is 1.47 bits per heavy atom. The first kappa shape index (κ1) is 14.3. The third-order valence-corrected chi connectivity index (χ3v) is 4.70. The van der Waals surface area contributed by atoms with Gasteiger partial charge in [0.2, 0.25) is 5.91 Å². The molecule has 0 aliphatic carbocycles. The summed E-state index contributed by atoms with van der Waals surface area (Å²) in [5, 5.41) is -1.30. The molecule has 0 N–H and O–H groups in total. The lowest BCUT2D eigenvalue weighted by atomic mass is 10.3. The van der Waals surface area contributed by atoms with Gasteiger partial charge in [-0.05, 0) is 28.1 Å². The van der Waals surface area contributed by atoms with Crippen LogP contribution in [0.2, 0.25) is 0 Å². The zero-order valence-electron chi connectivity index (χ0n) is 9.97. The highest BCUT2D eigenvalue weighted by atomic mass is 79.9. The number of nitrogens with zero attached hydrogens (tertiary/aromatic N) is 1. The van der Waals surface area contributed by atoms with Crippen molar-refractivity contribution in [1.82, 2.24) is 0 Å². The minimum atomic E-state index is -4.70. The number of hydrogen-bond donors (Lipinski definition) is 0. The normalized spacial score (nSPS) is 19.8. The molecule has 0 saturated carbocycles. The van der Waals surface area contributed by atoms with Crippen molar-refractivity contribution in [2.45, 2.75) is 11.7 Å². The first-order valence-electron chi connectivity index (χ1n) is 5.40. The van der Waals surface area contributed by atoms with Gasteiger partial charge in [0.1, 0.15) is 11.0 Å². The average Bonchev–Trinajstić information content (AvgIpc) is 2.72. The average molecular weight is 352 g/mol. The summed E-state index contributed by atoms with van der Waals surface area (Å²) >= 11 is 3.27. The molecule has 0 bridgehead atoms. The Kier molecular flexibility index (Phi) is 3.82. The molecule has 2 rings (SSSR count). The Morgan fingerprint density at radius 3 is 2.68 bits per heavy atom. The largest absolute Gasteiger partial charge is 0.495 e. The fourth-order valence-corrected chi connectivity index (χ4v) is 3.01. The van der Waals surface area contributed by atoms with Gasteiger partial charge < -0.3 is 9.64 Å². The molecule has 19 heavy (non-hydrogen) atoms. The van der Waals surface area contributed by atoms with E-state index in [1.807, 2.05) is 0 Å². The summed E-state index contributed by atoms with van der Waals surface area (Å²) < 4.78 is 40.4. The molecule has 1 unspecified atom stereocenters. The number of carbonyl (C=O) groups is 1. The summed E-state index contributed by atoms with van der Waals surface area (Å²) in [7, 11) is -3.23. The van der Waals surface area contributed by atoms with Gasteiger partial charge in [-0.15, -0.1) is 3.89 Å². The van der Waals surface area contributed by atoms with E-state index in [9.17, 15) is 17.1 Å². The van der Waals surface area contributed by atoms with Crippen molar-refractivity contribution in [1.29, 1.82) is 0 Å². The van der Waals surface area contributed by atoms with Crippen molar-refractivity contribution in [3.8, 4) is 5.75 Å². The topological polar surface area (TPSA) is 63.7 Å². The molecule has 1 aromatic carbocycles. The number of methoxy groups -OCH3 is 1. The molecule has 1 fully saturated rings. The number of amides is 1. The second kappa shape index (κ2) is 5.09. The van der Waals surface area contributed by atoms with Gasteiger partial charge in [0, 0.05) is 24.7 Å². The Hall–Kier alpha value is -1.15. The summed E-state index contributed by atoms with van der Waals surface area (Å²) in [5.74, 6) is 0.0902. The quantitative estimate of drug-likeness (QED) is 0.779. The maximum Gasteiger partial charge on any atom is 0.307 e. The molecule has 1 aromatic rings. The zero-order chi connectivity index (χ0) is 14.2. The van der Waals surface area contributed by atoms with Crippen LogP contribution in [0.5, 0.6) is 5.75 Å². The molecule has 0 spiro atoms. The van der Waals surface area contributed by atoms with Crippen LogP contribution in [0.1, 0.15) is 6.42 Å². The summed E-state index contributed by atoms with van der Waals surface area (Å²) in [6.07, 6.45) is -0.336. The molecule has 0 aromatic heterocycles. The number of rotatable bonds is 3. The van der Waals surface area contributed by atoms with Crippen LogP contribution in [0.15, 0.2) is 22.7 Å². The number of anilines is 1. The van der Waals surface area contributed by atoms with Gasteiger partial charge in [-0.1, -0.05) is 0 Å². The van der Waals surface area contributed by atoms with E-state index in [2.05, 4.69) is 15.9 Å². The number of benzene rings is 1. The predicted octanol–water partition coefficient (Wildman–Crippen LogP) is 1.86. The van der Waals surface area contributed by atoms with E-state index >= 15 is 0 Å². The number of hydrogen-bond acceptors (Lipinski definition) is 4. The molecule has 1 saturated heterocycles. The molecule has 1 amide bonds. The summed E-state index contributed by atoms with van der Waals surface area (Å²) in [5.41, 5.74) is 0.483. The first-order chi connectivity index (χ1) is 8.82.